The molecule has 2 aromatic carbocycles. The van der Waals surface area contributed by atoms with Crippen molar-refractivity contribution in [1.82, 2.24) is 14.8 Å². The molecule has 3 aromatic rings. The van der Waals surface area contributed by atoms with Crippen LogP contribution in [0.25, 0.3) is 0 Å². The van der Waals surface area contributed by atoms with Gasteiger partial charge in [-0.3, -0.25) is 19.7 Å². The van der Waals surface area contributed by atoms with Gasteiger partial charge in [0, 0.05) is 37.1 Å². The first-order chi connectivity index (χ1) is 16.3. The lowest BCUT2D eigenvalue weighted by atomic mass is 10.1. The maximum atomic E-state index is 13.8. The second-order valence-electron chi connectivity index (χ2n) is 7.89. The molecule has 2 heterocycles. The Morgan fingerprint density at radius 1 is 1.00 bits per heavy atom. The quantitative estimate of drug-likeness (QED) is 0.601. The van der Waals surface area contributed by atoms with Gasteiger partial charge in [-0.2, -0.15) is 0 Å². The smallest absolute Gasteiger partial charge is 0.260 e. The van der Waals surface area contributed by atoms with Crippen LogP contribution < -0.4 is 5.32 Å². The molecule has 0 atom stereocenters. The SMILES string of the molecule is Cc1ccc(C(=O)N2CCN(C(=O)Cc3csc(NC(=O)c4ccccc4F)n3)CC2)cc1F. The highest BCUT2D eigenvalue weighted by Gasteiger charge is 2.26. The number of carbonyl (C=O) groups is 3. The van der Waals surface area contributed by atoms with Crippen LogP contribution in [-0.2, 0) is 11.2 Å². The van der Waals surface area contributed by atoms with Gasteiger partial charge in [0.2, 0.25) is 5.91 Å². The van der Waals surface area contributed by atoms with Gasteiger partial charge in [0.1, 0.15) is 11.6 Å². The van der Waals surface area contributed by atoms with Crippen molar-refractivity contribution in [3.63, 3.8) is 0 Å². The summed E-state index contributed by atoms with van der Waals surface area (Å²) >= 11 is 1.15. The standard InChI is InChI=1S/C24H22F2N4O3S/c1-15-6-7-16(12-20(15)26)23(33)30-10-8-29(9-11-30)21(31)13-17-14-34-24(27-17)28-22(32)18-4-2-3-5-19(18)25/h2-7,12,14H,8-11,13H2,1H3,(H,27,28,32). The highest BCUT2D eigenvalue weighted by Crippen LogP contribution is 2.19. The van der Waals surface area contributed by atoms with E-state index in [1.807, 2.05) is 0 Å². The minimum atomic E-state index is -0.628. The monoisotopic (exact) mass is 484 g/mol. The van der Waals surface area contributed by atoms with Crippen LogP contribution in [0.2, 0.25) is 0 Å². The summed E-state index contributed by atoms with van der Waals surface area (Å²) in [5.41, 5.74) is 1.17. The maximum Gasteiger partial charge on any atom is 0.260 e. The third-order valence-electron chi connectivity index (χ3n) is 5.56. The van der Waals surface area contributed by atoms with Gasteiger partial charge in [-0.05, 0) is 36.8 Å². The predicted molar refractivity (Wildman–Crippen MR) is 124 cm³/mol. The highest BCUT2D eigenvalue weighted by molar-refractivity contribution is 7.14. The lowest BCUT2D eigenvalue weighted by Crippen LogP contribution is -2.51. The Balaban J connectivity index is 1.29. The van der Waals surface area contributed by atoms with Crippen LogP contribution >= 0.6 is 11.3 Å². The van der Waals surface area contributed by atoms with Crippen molar-refractivity contribution in [2.45, 2.75) is 13.3 Å². The van der Waals surface area contributed by atoms with Gasteiger partial charge < -0.3 is 9.80 Å². The predicted octanol–water partition coefficient (Wildman–Crippen LogP) is 3.51. The van der Waals surface area contributed by atoms with Crippen molar-refractivity contribution < 1.29 is 23.2 Å². The molecule has 1 aliphatic heterocycles. The molecule has 0 spiro atoms. The number of anilines is 1. The number of amides is 3. The molecule has 1 N–H and O–H groups in total. The average Bonchev–Trinajstić information content (AvgIpc) is 3.27. The minimum Gasteiger partial charge on any atom is -0.339 e. The number of rotatable bonds is 5. The first kappa shape index (κ1) is 23.5. The molecule has 1 fully saturated rings. The Morgan fingerprint density at radius 3 is 2.41 bits per heavy atom. The number of aryl methyl sites for hydroxylation is 1. The minimum absolute atomic E-state index is 0.0448. The molecule has 0 saturated carbocycles. The van der Waals surface area contributed by atoms with E-state index in [-0.39, 0.29) is 34.5 Å². The lowest BCUT2D eigenvalue weighted by Gasteiger charge is -2.34. The summed E-state index contributed by atoms with van der Waals surface area (Å²) in [4.78, 5) is 45.1. The van der Waals surface area contributed by atoms with Gasteiger partial charge in [0.15, 0.2) is 5.13 Å². The number of hydrogen-bond donors (Lipinski definition) is 1. The normalized spacial score (nSPS) is 13.6. The summed E-state index contributed by atoms with van der Waals surface area (Å²) in [5, 5.41) is 4.49. The summed E-state index contributed by atoms with van der Waals surface area (Å²) in [6.07, 6.45) is 0.0448. The molecule has 10 heteroatoms. The van der Waals surface area contributed by atoms with Gasteiger partial charge >= 0.3 is 0 Å². The molecule has 34 heavy (non-hydrogen) atoms. The zero-order valence-corrected chi connectivity index (χ0v) is 19.2. The second-order valence-corrected chi connectivity index (χ2v) is 8.75. The molecule has 0 aliphatic carbocycles. The van der Waals surface area contributed by atoms with E-state index in [9.17, 15) is 23.2 Å². The molecule has 176 valence electrons. The van der Waals surface area contributed by atoms with Gasteiger partial charge in [-0.15, -0.1) is 11.3 Å². The molecular formula is C24H22F2N4O3S. The summed E-state index contributed by atoms with van der Waals surface area (Å²) in [6, 6.07) is 10.1. The van der Waals surface area contributed by atoms with Crippen molar-refractivity contribution in [3.8, 4) is 0 Å². The van der Waals surface area contributed by atoms with Crippen LogP contribution in [0.5, 0.6) is 0 Å². The van der Waals surface area contributed by atoms with Crippen LogP contribution in [0.4, 0.5) is 13.9 Å². The number of nitrogens with one attached hydrogen (secondary N) is 1. The van der Waals surface area contributed by atoms with E-state index in [0.717, 1.165) is 11.3 Å². The molecule has 1 aromatic heterocycles. The van der Waals surface area contributed by atoms with Crippen molar-refractivity contribution in [3.05, 3.63) is 81.9 Å². The van der Waals surface area contributed by atoms with E-state index in [0.29, 0.717) is 37.4 Å². The van der Waals surface area contributed by atoms with Gasteiger partial charge in [0.05, 0.1) is 17.7 Å². The molecular weight excluding hydrogens is 462 g/mol. The Kier molecular flexibility index (Phi) is 6.97. The topological polar surface area (TPSA) is 82.6 Å². The van der Waals surface area contributed by atoms with Crippen molar-refractivity contribution in [2.75, 3.05) is 31.5 Å². The Morgan fingerprint density at radius 2 is 1.71 bits per heavy atom. The van der Waals surface area contributed by atoms with Gasteiger partial charge in [-0.1, -0.05) is 18.2 Å². The van der Waals surface area contributed by atoms with Crippen LogP contribution in [0, 0.1) is 18.6 Å². The molecule has 7 nitrogen and oxygen atoms in total. The number of hydrogen-bond acceptors (Lipinski definition) is 5. The summed E-state index contributed by atoms with van der Waals surface area (Å²) in [6.45, 7) is 3.05. The molecule has 4 rings (SSSR count). The molecule has 3 amide bonds. The Bertz CT molecular complexity index is 1240. The van der Waals surface area contributed by atoms with Gasteiger partial charge in [0.25, 0.3) is 11.8 Å². The molecule has 1 saturated heterocycles. The van der Waals surface area contributed by atoms with Crippen molar-refractivity contribution in [1.29, 1.82) is 0 Å². The van der Waals surface area contributed by atoms with Gasteiger partial charge in [-0.25, -0.2) is 13.8 Å². The van der Waals surface area contributed by atoms with Crippen LogP contribution in [0.15, 0.2) is 47.8 Å². The van der Waals surface area contributed by atoms with Crippen molar-refractivity contribution >= 4 is 34.2 Å². The van der Waals surface area contributed by atoms with Crippen LogP contribution in [0.3, 0.4) is 0 Å². The van der Waals surface area contributed by atoms with E-state index in [1.54, 1.807) is 40.3 Å². The number of halogens is 2. The molecule has 0 bridgehead atoms. The third-order valence-corrected chi connectivity index (χ3v) is 6.37. The fourth-order valence-electron chi connectivity index (χ4n) is 3.59. The lowest BCUT2D eigenvalue weighted by molar-refractivity contribution is -0.132. The maximum absolute atomic E-state index is 13.8. The zero-order valence-electron chi connectivity index (χ0n) is 18.4. The fourth-order valence-corrected chi connectivity index (χ4v) is 4.29. The van der Waals surface area contributed by atoms with E-state index in [2.05, 4.69) is 10.3 Å². The second kappa shape index (κ2) is 10.1. The number of nitrogens with zero attached hydrogens (tertiary/aromatic N) is 3. The van der Waals surface area contributed by atoms with E-state index in [1.165, 1.54) is 24.3 Å². The van der Waals surface area contributed by atoms with E-state index < -0.39 is 17.5 Å². The number of aromatic nitrogens is 1. The first-order valence-electron chi connectivity index (χ1n) is 10.7. The fraction of sp³-hybridized carbons (Fsp3) is 0.250. The highest BCUT2D eigenvalue weighted by atomic mass is 32.1. The number of thiazole rings is 1. The summed E-state index contributed by atoms with van der Waals surface area (Å²) in [5.74, 6) is -2.07. The summed E-state index contributed by atoms with van der Waals surface area (Å²) < 4.78 is 27.6. The molecule has 0 unspecified atom stereocenters. The van der Waals surface area contributed by atoms with Crippen LogP contribution in [-0.4, -0.2) is 58.7 Å². The molecule has 0 radical (unpaired) electrons. The molecule has 1 aliphatic rings. The van der Waals surface area contributed by atoms with Crippen LogP contribution in [0.1, 0.15) is 32.0 Å². The number of carbonyl (C=O) groups excluding carboxylic acids is 3. The third kappa shape index (κ3) is 5.28. The summed E-state index contributed by atoms with van der Waals surface area (Å²) in [7, 11) is 0. The number of piperazine rings is 1. The largest absolute Gasteiger partial charge is 0.339 e. The zero-order chi connectivity index (χ0) is 24.2. The average molecular weight is 485 g/mol. The van der Waals surface area contributed by atoms with Crippen molar-refractivity contribution in [2.24, 2.45) is 0 Å². The van der Waals surface area contributed by atoms with E-state index in [4.69, 9.17) is 0 Å². The Hall–Kier alpha value is -3.66. The number of benzene rings is 2. The first-order valence-corrected chi connectivity index (χ1v) is 11.5. The van der Waals surface area contributed by atoms with E-state index >= 15 is 0 Å². The Labute approximate surface area is 199 Å².